The summed E-state index contributed by atoms with van der Waals surface area (Å²) in [5, 5.41) is 13.0. The van der Waals surface area contributed by atoms with Crippen LogP contribution in [0, 0.1) is 5.82 Å². The molecular formula is C16H26FNO2S. The molecule has 21 heavy (non-hydrogen) atoms. The number of thioether (sulfide) groups is 1. The van der Waals surface area contributed by atoms with Crippen LogP contribution in [0.5, 0.6) is 5.75 Å². The molecule has 0 aliphatic heterocycles. The van der Waals surface area contributed by atoms with Gasteiger partial charge in [0.1, 0.15) is 24.3 Å². The fraction of sp³-hybridized carbons (Fsp3) is 0.625. The molecule has 0 aromatic heterocycles. The molecule has 0 saturated carbocycles. The van der Waals surface area contributed by atoms with E-state index in [4.69, 9.17) is 4.74 Å². The molecule has 0 saturated heterocycles. The van der Waals surface area contributed by atoms with Crippen molar-refractivity contribution < 1.29 is 14.2 Å². The molecule has 0 spiro atoms. The molecule has 0 aliphatic rings. The fourth-order valence-corrected chi connectivity index (χ4v) is 2.39. The third-order valence-corrected chi connectivity index (χ3v) is 3.78. The summed E-state index contributed by atoms with van der Waals surface area (Å²) < 4.78 is 18.1. The van der Waals surface area contributed by atoms with Crippen LogP contribution < -0.4 is 10.1 Å². The van der Waals surface area contributed by atoms with Gasteiger partial charge in [-0.2, -0.15) is 11.8 Å². The Balaban J connectivity index is 1.96. The molecule has 0 heterocycles. The van der Waals surface area contributed by atoms with Crippen molar-refractivity contribution in [3.05, 3.63) is 30.1 Å². The third kappa shape index (κ3) is 9.72. The molecule has 2 N–H and O–H groups in total. The van der Waals surface area contributed by atoms with Crippen molar-refractivity contribution in [1.82, 2.24) is 5.32 Å². The number of aliphatic hydroxyl groups excluding tert-OH is 1. The van der Waals surface area contributed by atoms with Crippen molar-refractivity contribution in [3.8, 4) is 5.75 Å². The molecular weight excluding hydrogens is 289 g/mol. The van der Waals surface area contributed by atoms with Gasteiger partial charge < -0.3 is 15.2 Å². The molecule has 1 rings (SSSR count). The Kier molecular flexibility index (Phi) is 10.3. The van der Waals surface area contributed by atoms with Gasteiger partial charge in [0.25, 0.3) is 0 Å². The molecule has 1 unspecified atom stereocenters. The monoisotopic (exact) mass is 315 g/mol. The van der Waals surface area contributed by atoms with Gasteiger partial charge in [-0.05, 0) is 55.7 Å². The van der Waals surface area contributed by atoms with Crippen molar-refractivity contribution in [2.45, 2.75) is 31.8 Å². The predicted molar refractivity (Wildman–Crippen MR) is 87.6 cm³/mol. The second-order valence-corrected chi connectivity index (χ2v) is 6.02. The highest BCUT2D eigenvalue weighted by atomic mass is 32.2. The first-order chi connectivity index (χ1) is 10.2. The summed E-state index contributed by atoms with van der Waals surface area (Å²) in [6.07, 6.45) is 6.52. The van der Waals surface area contributed by atoms with Crippen LogP contribution in [-0.4, -0.2) is 42.9 Å². The highest BCUT2D eigenvalue weighted by Gasteiger charge is 2.04. The van der Waals surface area contributed by atoms with E-state index >= 15 is 0 Å². The summed E-state index contributed by atoms with van der Waals surface area (Å²) in [6.45, 7) is 1.66. The number of halogens is 1. The van der Waals surface area contributed by atoms with Gasteiger partial charge >= 0.3 is 0 Å². The topological polar surface area (TPSA) is 41.5 Å². The lowest BCUT2D eigenvalue weighted by molar-refractivity contribution is 0.106. The first-order valence-electron chi connectivity index (χ1n) is 7.48. The minimum atomic E-state index is -0.549. The van der Waals surface area contributed by atoms with E-state index in [2.05, 4.69) is 11.6 Å². The van der Waals surface area contributed by atoms with Crippen molar-refractivity contribution in [3.63, 3.8) is 0 Å². The number of benzene rings is 1. The Labute approximate surface area is 131 Å². The Morgan fingerprint density at radius 1 is 1.19 bits per heavy atom. The van der Waals surface area contributed by atoms with Crippen LogP contribution in [0.1, 0.15) is 25.7 Å². The Morgan fingerprint density at radius 3 is 2.62 bits per heavy atom. The maximum atomic E-state index is 12.7. The lowest BCUT2D eigenvalue weighted by Crippen LogP contribution is -2.32. The van der Waals surface area contributed by atoms with Crippen LogP contribution in [0.25, 0.3) is 0 Å². The fourth-order valence-electron chi connectivity index (χ4n) is 1.90. The molecule has 0 amide bonds. The maximum absolute atomic E-state index is 12.7. The van der Waals surface area contributed by atoms with Crippen LogP contribution in [-0.2, 0) is 0 Å². The van der Waals surface area contributed by atoms with Crippen LogP contribution in [0.15, 0.2) is 24.3 Å². The normalized spacial score (nSPS) is 12.3. The van der Waals surface area contributed by atoms with Gasteiger partial charge in [0.15, 0.2) is 0 Å². The maximum Gasteiger partial charge on any atom is 0.123 e. The molecule has 0 aliphatic carbocycles. The second-order valence-electron chi connectivity index (χ2n) is 5.03. The van der Waals surface area contributed by atoms with Crippen molar-refractivity contribution >= 4 is 11.8 Å². The zero-order chi connectivity index (χ0) is 15.3. The molecule has 0 radical (unpaired) electrons. The van der Waals surface area contributed by atoms with Crippen LogP contribution >= 0.6 is 11.8 Å². The van der Waals surface area contributed by atoms with Crippen LogP contribution in [0.3, 0.4) is 0 Å². The molecule has 1 atom stereocenters. The molecule has 0 fully saturated rings. The minimum Gasteiger partial charge on any atom is -0.491 e. The van der Waals surface area contributed by atoms with Crippen molar-refractivity contribution in [2.75, 3.05) is 31.7 Å². The lowest BCUT2D eigenvalue weighted by atomic mass is 10.2. The zero-order valence-corrected chi connectivity index (χ0v) is 13.5. The predicted octanol–water partition coefficient (Wildman–Crippen LogP) is 3.08. The van der Waals surface area contributed by atoms with Crippen molar-refractivity contribution in [2.24, 2.45) is 0 Å². The molecule has 0 bridgehead atoms. The average molecular weight is 315 g/mol. The van der Waals surface area contributed by atoms with Crippen LogP contribution in [0.2, 0.25) is 0 Å². The first kappa shape index (κ1) is 18.3. The van der Waals surface area contributed by atoms with E-state index in [0.717, 1.165) is 13.0 Å². The highest BCUT2D eigenvalue weighted by Crippen LogP contribution is 2.11. The number of rotatable bonds is 12. The molecule has 120 valence electrons. The van der Waals surface area contributed by atoms with E-state index in [-0.39, 0.29) is 12.4 Å². The molecule has 5 heteroatoms. The summed E-state index contributed by atoms with van der Waals surface area (Å²) in [6, 6.07) is 5.81. The molecule has 1 aromatic carbocycles. The lowest BCUT2D eigenvalue weighted by Gasteiger charge is -2.13. The van der Waals surface area contributed by atoms with E-state index in [9.17, 15) is 9.50 Å². The smallest absolute Gasteiger partial charge is 0.123 e. The zero-order valence-electron chi connectivity index (χ0n) is 12.7. The second kappa shape index (κ2) is 11.8. The molecule has 1 aromatic rings. The van der Waals surface area contributed by atoms with E-state index in [1.54, 1.807) is 12.1 Å². The number of ether oxygens (including phenoxy) is 1. The highest BCUT2D eigenvalue weighted by molar-refractivity contribution is 7.98. The van der Waals surface area contributed by atoms with E-state index in [1.165, 1.54) is 37.1 Å². The largest absolute Gasteiger partial charge is 0.491 e. The average Bonchev–Trinajstić information content (AvgIpc) is 2.49. The Morgan fingerprint density at radius 2 is 1.90 bits per heavy atom. The standard InChI is InChI=1S/C16H26FNO2S/c1-21-11-5-3-2-4-10-18-12-15(19)13-20-16-8-6-14(17)7-9-16/h6-9,15,18-19H,2-5,10-13H2,1H3. The number of aliphatic hydroxyl groups is 1. The Bertz CT molecular complexity index is 362. The summed E-state index contributed by atoms with van der Waals surface area (Å²) in [7, 11) is 0. The van der Waals surface area contributed by atoms with Gasteiger partial charge in [0.2, 0.25) is 0 Å². The van der Waals surface area contributed by atoms with Gasteiger partial charge in [-0.1, -0.05) is 12.8 Å². The summed E-state index contributed by atoms with van der Waals surface area (Å²) >= 11 is 1.89. The van der Waals surface area contributed by atoms with E-state index in [1.807, 2.05) is 11.8 Å². The minimum absolute atomic E-state index is 0.215. The van der Waals surface area contributed by atoms with Gasteiger partial charge in [-0.15, -0.1) is 0 Å². The third-order valence-electron chi connectivity index (χ3n) is 3.09. The number of unbranched alkanes of at least 4 members (excludes halogenated alkanes) is 3. The number of hydrogen-bond acceptors (Lipinski definition) is 4. The van der Waals surface area contributed by atoms with Gasteiger partial charge in [0.05, 0.1) is 0 Å². The van der Waals surface area contributed by atoms with Gasteiger partial charge in [-0.25, -0.2) is 4.39 Å². The van der Waals surface area contributed by atoms with Gasteiger partial charge in [0, 0.05) is 6.54 Å². The number of hydrogen-bond donors (Lipinski definition) is 2. The van der Waals surface area contributed by atoms with Gasteiger partial charge in [-0.3, -0.25) is 0 Å². The van der Waals surface area contributed by atoms with E-state index < -0.39 is 6.10 Å². The summed E-state index contributed by atoms with van der Waals surface area (Å²) in [5.74, 6) is 1.53. The SMILES string of the molecule is CSCCCCCCNCC(O)COc1ccc(F)cc1. The number of nitrogens with one attached hydrogen (secondary N) is 1. The summed E-state index contributed by atoms with van der Waals surface area (Å²) in [5.41, 5.74) is 0. The van der Waals surface area contributed by atoms with Crippen LogP contribution in [0.4, 0.5) is 4.39 Å². The quantitative estimate of drug-likeness (QED) is 0.582. The van der Waals surface area contributed by atoms with Crippen molar-refractivity contribution in [1.29, 1.82) is 0 Å². The van der Waals surface area contributed by atoms with E-state index in [0.29, 0.717) is 12.3 Å². The first-order valence-corrected chi connectivity index (χ1v) is 8.88. The molecule has 3 nitrogen and oxygen atoms in total. The Hall–Kier alpha value is -0.780. The summed E-state index contributed by atoms with van der Waals surface area (Å²) in [4.78, 5) is 0.